The summed E-state index contributed by atoms with van der Waals surface area (Å²) in [5.74, 6) is 1.73. The van der Waals surface area contributed by atoms with Gasteiger partial charge in [0.15, 0.2) is 0 Å². The van der Waals surface area contributed by atoms with Gasteiger partial charge in [-0.15, -0.1) is 0 Å². The van der Waals surface area contributed by atoms with Crippen molar-refractivity contribution in [2.24, 2.45) is 11.8 Å². The highest BCUT2D eigenvalue weighted by Crippen LogP contribution is 2.32. The summed E-state index contributed by atoms with van der Waals surface area (Å²) < 4.78 is 1.03. The molecule has 1 heterocycles. The quantitative estimate of drug-likeness (QED) is 0.779. The number of aromatic nitrogens is 1. The predicted molar refractivity (Wildman–Crippen MR) is 93.6 cm³/mol. The maximum Gasteiger partial charge on any atom is 0.0934 e. The first-order chi connectivity index (χ1) is 10.1. The number of hydrogen-bond acceptors (Lipinski definition) is 2. The molecule has 1 fully saturated rings. The summed E-state index contributed by atoms with van der Waals surface area (Å²) in [6.45, 7) is 4.70. The number of halogens is 1. The van der Waals surface area contributed by atoms with Crippen LogP contribution in [0, 0.1) is 11.8 Å². The second-order valence-corrected chi connectivity index (χ2v) is 7.45. The van der Waals surface area contributed by atoms with E-state index in [-0.39, 0.29) is 0 Å². The van der Waals surface area contributed by atoms with Gasteiger partial charge in [-0.3, -0.25) is 4.98 Å². The molecule has 0 aliphatic heterocycles. The number of rotatable bonds is 3. The third-order valence-electron chi connectivity index (χ3n) is 4.75. The Morgan fingerprint density at radius 2 is 1.95 bits per heavy atom. The van der Waals surface area contributed by atoms with Crippen LogP contribution in [0.2, 0.25) is 0 Å². The molecular formula is C18H23BrN2. The van der Waals surface area contributed by atoms with Gasteiger partial charge in [0, 0.05) is 22.1 Å². The molecule has 0 bridgehead atoms. The Bertz CT molecular complexity index is 616. The molecule has 1 aliphatic rings. The van der Waals surface area contributed by atoms with E-state index in [0.29, 0.717) is 6.04 Å². The number of benzene rings is 1. The van der Waals surface area contributed by atoms with Crippen molar-refractivity contribution in [2.75, 3.05) is 5.32 Å². The summed E-state index contributed by atoms with van der Waals surface area (Å²) in [4.78, 5) is 4.58. The monoisotopic (exact) mass is 346 g/mol. The molecule has 2 nitrogen and oxygen atoms in total. The molecule has 0 unspecified atom stereocenters. The van der Waals surface area contributed by atoms with Crippen molar-refractivity contribution in [3.8, 4) is 0 Å². The number of anilines is 1. The van der Waals surface area contributed by atoms with Gasteiger partial charge in [0.25, 0.3) is 0 Å². The molecule has 1 N–H and O–H groups in total. The minimum absolute atomic E-state index is 0.594. The maximum atomic E-state index is 4.58. The van der Waals surface area contributed by atoms with Crippen LogP contribution in [0.25, 0.3) is 10.9 Å². The largest absolute Gasteiger partial charge is 0.381 e. The molecule has 1 saturated carbocycles. The minimum Gasteiger partial charge on any atom is -0.381 e. The highest BCUT2D eigenvalue weighted by atomic mass is 79.9. The van der Waals surface area contributed by atoms with E-state index in [1.807, 2.05) is 6.20 Å². The first-order valence-corrected chi connectivity index (χ1v) is 8.73. The molecule has 1 aromatic heterocycles. The summed E-state index contributed by atoms with van der Waals surface area (Å²) in [6.07, 6.45) is 7.12. The van der Waals surface area contributed by atoms with Crippen LogP contribution in [0.5, 0.6) is 0 Å². The zero-order valence-corrected chi connectivity index (χ0v) is 14.4. The molecule has 21 heavy (non-hydrogen) atoms. The molecule has 0 atom stereocenters. The lowest BCUT2D eigenvalue weighted by molar-refractivity contribution is 0.267. The summed E-state index contributed by atoms with van der Waals surface area (Å²) >= 11 is 3.49. The number of nitrogens with one attached hydrogen (secondary N) is 1. The fraction of sp³-hybridized carbons (Fsp3) is 0.500. The third kappa shape index (κ3) is 3.39. The van der Waals surface area contributed by atoms with Crippen molar-refractivity contribution in [1.29, 1.82) is 0 Å². The lowest BCUT2D eigenvalue weighted by Gasteiger charge is -2.32. The second kappa shape index (κ2) is 6.35. The number of hydrogen-bond donors (Lipinski definition) is 1. The number of fused-ring (bicyclic) bond motifs is 1. The van der Waals surface area contributed by atoms with Crippen molar-refractivity contribution in [1.82, 2.24) is 4.98 Å². The van der Waals surface area contributed by atoms with Gasteiger partial charge in [0.05, 0.1) is 11.2 Å². The zero-order chi connectivity index (χ0) is 14.8. The summed E-state index contributed by atoms with van der Waals surface area (Å²) in [7, 11) is 0. The molecule has 3 heteroatoms. The highest BCUT2D eigenvalue weighted by Gasteiger charge is 2.23. The Hall–Kier alpha value is -1.09. The molecule has 2 aromatic rings. The van der Waals surface area contributed by atoms with Gasteiger partial charge < -0.3 is 5.32 Å². The lowest BCUT2D eigenvalue weighted by atomic mass is 9.79. The molecule has 112 valence electrons. The normalized spacial score (nSPS) is 22.7. The average molecular weight is 347 g/mol. The van der Waals surface area contributed by atoms with Gasteiger partial charge >= 0.3 is 0 Å². The smallest absolute Gasteiger partial charge is 0.0934 e. The minimum atomic E-state index is 0.594. The Morgan fingerprint density at radius 1 is 1.19 bits per heavy atom. The van der Waals surface area contributed by atoms with E-state index in [9.17, 15) is 0 Å². The standard InChI is InChI=1S/C18H23BrN2/c1-12(2)13-6-8-16(9-7-13)21-17-5-3-4-14-10-15(19)11-20-18(14)17/h3-5,10-13,16,21H,6-9H2,1-2H3. The predicted octanol–water partition coefficient (Wildman–Crippen LogP) is 5.62. The fourth-order valence-electron chi connectivity index (χ4n) is 3.40. The van der Waals surface area contributed by atoms with Crippen LogP contribution in [-0.2, 0) is 0 Å². The van der Waals surface area contributed by atoms with Crippen LogP contribution in [0.3, 0.4) is 0 Å². The van der Waals surface area contributed by atoms with Gasteiger partial charge in [0.1, 0.15) is 0 Å². The molecular weight excluding hydrogens is 324 g/mol. The molecule has 1 aliphatic carbocycles. The number of nitrogens with zero attached hydrogens (tertiary/aromatic N) is 1. The van der Waals surface area contributed by atoms with Crippen LogP contribution < -0.4 is 5.32 Å². The van der Waals surface area contributed by atoms with Gasteiger partial charge in [-0.2, -0.15) is 0 Å². The van der Waals surface area contributed by atoms with Crippen LogP contribution >= 0.6 is 15.9 Å². The van der Waals surface area contributed by atoms with Crippen molar-refractivity contribution < 1.29 is 0 Å². The van der Waals surface area contributed by atoms with Crippen molar-refractivity contribution in [3.63, 3.8) is 0 Å². The first-order valence-electron chi connectivity index (χ1n) is 7.94. The van der Waals surface area contributed by atoms with E-state index in [0.717, 1.165) is 21.8 Å². The van der Waals surface area contributed by atoms with Crippen LogP contribution in [-0.4, -0.2) is 11.0 Å². The average Bonchev–Trinajstić information content (AvgIpc) is 2.47. The Balaban J connectivity index is 1.74. The molecule has 0 spiro atoms. The SMILES string of the molecule is CC(C)C1CCC(Nc2cccc3cc(Br)cnc23)CC1. The second-order valence-electron chi connectivity index (χ2n) is 6.53. The van der Waals surface area contributed by atoms with E-state index in [1.165, 1.54) is 36.8 Å². The van der Waals surface area contributed by atoms with E-state index in [4.69, 9.17) is 0 Å². The van der Waals surface area contributed by atoms with E-state index < -0.39 is 0 Å². The van der Waals surface area contributed by atoms with E-state index in [2.05, 4.69) is 64.3 Å². The van der Waals surface area contributed by atoms with Crippen LogP contribution in [0.1, 0.15) is 39.5 Å². The highest BCUT2D eigenvalue weighted by molar-refractivity contribution is 9.10. The molecule has 0 saturated heterocycles. The van der Waals surface area contributed by atoms with Crippen LogP contribution in [0.4, 0.5) is 5.69 Å². The Kier molecular flexibility index (Phi) is 4.48. The fourth-order valence-corrected chi connectivity index (χ4v) is 3.75. The van der Waals surface area contributed by atoms with Gasteiger partial charge in [-0.25, -0.2) is 0 Å². The molecule has 3 rings (SSSR count). The first kappa shape index (κ1) is 14.8. The lowest BCUT2D eigenvalue weighted by Crippen LogP contribution is -2.28. The van der Waals surface area contributed by atoms with Gasteiger partial charge in [-0.05, 0) is 65.6 Å². The summed E-state index contributed by atoms with van der Waals surface area (Å²) in [5.41, 5.74) is 2.25. The number of pyridine rings is 1. The molecule has 0 amide bonds. The summed E-state index contributed by atoms with van der Waals surface area (Å²) in [6, 6.07) is 9.10. The Morgan fingerprint density at radius 3 is 2.67 bits per heavy atom. The zero-order valence-electron chi connectivity index (χ0n) is 12.8. The van der Waals surface area contributed by atoms with Gasteiger partial charge in [0.2, 0.25) is 0 Å². The van der Waals surface area contributed by atoms with Crippen molar-refractivity contribution in [2.45, 2.75) is 45.6 Å². The van der Waals surface area contributed by atoms with Gasteiger partial charge in [-0.1, -0.05) is 26.0 Å². The van der Waals surface area contributed by atoms with Crippen molar-refractivity contribution >= 4 is 32.5 Å². The van der Waals surface area contributed by atoms with Crippen molar-refractivity contribution in [3.05, 3.63) is 34.9 Å². The summed E-state index contributed by atoms with van der Waals surface area (Å²) in [5, 5.41) is 4.91. The molecule has 1 aromatic carbocycles. The maximum absolute atomic E-state index is 4.58. The van der Waals surface area contributed by atoms with Crippen LogP contribution in [0.15, 0.2) is 34.9 Å². The third-order valence-corrected chi connectivity index (χ3v) is 5.19. The number of para-hydroxylation sites is 1. The van der Waals surface area contributed by atoms with E-state index >= 15 is 0 Å². The topological polar surface area (TPSA) is 24.9 Å². The molecule has 0 radical (unpaired) electrons. The Labute approximate surface area is 135 Å². The van der Waals surface area contributed by atoms with E-state index in [1.54, 1.807) is 0 Å².